The number of rotatable bonds is 5. The predicted molar refractivity (Wildman–Crippen MR) is 125 cm³/mol. The van der Waals surface area contributed by atoms with Crippen LogP contribution in [0.4, 0.5) is 10.5 Å². The highest BCUT2D eigenvalue weighted by atomic mass is 32.2. The molecule has 0 atom stereocenters. The van der Waals surface area contributed by atoms with Gasteiger partial charge >= 0.3 is 6.03 Å². The molecule has 0 unspecified atom stereocenters. The van der Waals surface area contributed by atoms with Crippen LogP contribution in [0.15, 0.2) is 53.4 Å². The van der Waals surface area contributed by atoms with E-state index in [-0.39, 0.29) is 45.2 Å². The third-order valence-corrected chi connectivity index (χ3v) is 8.61. The fraction of sp³-hybridized carbons (Fsp3) is 0.375. The van der Waals surface area contributed by atoms with E-state index in [1.165, 1.54) is 19.7 Å². The lowest BCUT2D eigenvalue weighted by Gasteiger charge is -2.34. The Morgan fingerprint density at radius 1 is 0.882 bits per heavy atom. The van der Waals surface area contributed by atoms with Gasteiger partial charge in [-0.05, 0) is 54.7 Å². The zero-order valence-corrected chi connectivity index (χ0v) is 19.5. The lowest BCUT2D eigenvalue weighted by molar-refractivity contribution is -0.137. The minimum atomic E-state index is -3.64. The molecule has 9 nitrogen and oxygen atoms in total. The van der Waals surface area contributed by atoms with Gasteiger partial charge in [-0.3, -0.25) is 19.4 Å². The van der Waals surface area contributed by atoms with Crippen molar-refractivity contribution in [3.05, 3.63) is 59.7 Å². The largest absolute Gasteiger partial charge is 0.338 e. The number of hydrogen-bond donors (Lipinski definition) is 0. The summed E-state index contributed by atoms with van der Waals surface area (Å²) in [6.07, 6.45) is 2.93. The molecule has 0 bridgehead atoms. The van der Waals surface area contributed by atoms with Crippen LogP contribution in [0, 0.1) is 0 Å². The van der Waals surface area contributed by atoms with E-state index in [4.69, 9.17) is 0 Å². The van der Waals surface area contributed by atoms with Crippen LogP contribution >= 0.6 is 0 Å². The van der Waals surface area contributed by atoms with Crippen LogP contribution in [0.1, 0.15) is 17.5 Å². The van der Waals surface area contributed by atoms with Crippen molar-refractivity contribution in [1.82, 2.24) is 14.1 Å². The quantitative estimate of drug-likeness (QED) is 0.602. The normalized spacial score (nSPS) is 19.1. The Balaban J connectivity index is 1.20. The van der Waals surface area contributed by atoms with Gasteiger partial charge in [0.25, 0.3) is 5.91 Å². The number of urea groups is 1. The van der Waals surface area contributed by atoms with Crippen molar-refractivity contribution in [3.8, 4) is 0 Å². The number of aryl methyl sites for hydroxylation is 2. The van der Waals surface area contributed by atoms with Gasteiger partial charge in [-0.1, -0.05) is 24.3 Å². The van der Waals surface area contributed by atoms with Gasteiger partial charge in [-0.25, -0.2) is 13.2 Å². The zero-order valence-electron chi connectivity index (χ0n) is 18.7. The molecule has 2 heterocycles. The molecular weight excluding hydrogens is 456 g/mol. The van der Waals surface area contributed by atoms with Gasteiger partial charge in [-0.2, -0.15) is 4.31 Å². The molecule has 0 N–H and O–H groups in total. The summed E-state index contributed by atoms with van der Waals surface area (Å²) in [5.74, 6) is -0.800. The first-order chi connectivity index (χ1) is 16.3. The number of benzene rings is 2. The molecule has 178 valence electrons. The standard InChI is InChI=1S/C24H26N4O5S/c29-22(16-28-23(30)17-27(24(28)31)20-7-2-1-3-8-20)25-11-13-26(14-12-25)34(32,33)21-10-9-18-5-4-6-19(18)15-21/h1-3,7-10,15H,4-6,11-14,16-17H2. The smallest absolute Gasteiger partial charge is 0.332 e. The van der Waals surface area contributed by atoms with Crippen molar-refractivity contribution < 1.29 is 22.8 Å². The molecule has 2 aliphatic heterocycles. The zero-order chi connectivity index (χ0) is 23.9. The summed E-state index contributed by atoms with van der Waals surface area (Å²) in [7, 11) is -3.64. The maximum Gasteiger partial charge on any atom is 0.332 e. The second kappa shape index (κ2) is 8.84. The first kappa shape index (κ1) is 22.5. The van der Waals surface area contributed by atoms with Gasteiger partial charge in [0, 0.05) is 31.9 Å². The molecule has 2 saturated heterocycles. The van der Waals surface area contributed by atoms with Crippen LogP contribution < -0.4 is 4.90 Å². The fourth-order valence-corrected chi connectivity index (χ4v) is 6.25. The van der Waals surface area contributed by atoms with E-state index in [0.717, 1.165) is 29.7 Å². The lowest BCUT2D eigenvalue weighted by atomic mass is 10.1. The van der Waals surface area contributed by atoms with Crippen LogP contribution in [0.25, 0.3) is 0 Å². The summed E-state index contributed by atoms with van der Waals surface area (Å²) in [4.78, 5) is 42.1. The summed E-state index contributed by atoms with van der Waals surface area (Å²) in [5.41, 5.74) is 2.91. The molecule has 0 aromatic heterocycles. The summed E-state index contributed by atoms with van der Waals surface area (Å²) >= 11 is 0. The molecule has 10 heteroatoms. The number of fused-ring (bicyclic) bond motifs is 1. The number of carbonyl (C=O) groups excluding carboxylic acids is 3. The molecule has 2 aromatic rings. The topological polar surface area (TPSA) is 98.3 Å². The average Bonchev–Trinajstić information content (AvgIpc) is 3.44. The van der Waals surface area contributed by atoms with Crippen molar-refractivity contribution >= 4 is 33.6 Å². The monoisotopic (exact) mass is 482 g/mol. The number of amides is 4. The molecule has 0 radical (unpaired) electrons. The Labute approximate surface area is 198 Å². The highest BCUT2D eigenvalue weighted by Gasteiger charge is 2.39. The van der Waals surface area contributed by atoms with Crippen molar-refractivity contribution in [2.45, 2.75) is 24.2 Å². The number of imide groups is 1. The molecule has 0 saturated carbocycles. The van der Waals surface area contributed by atoms with E-state index < -0.39 is 22.0 Å². The summed E-state index contributed by atoms with van der Waals surface area (Å²) in [6, 6.07) is 13.7. The summed E-state index contributed by atoms with van der Waals surface area (Å²) in [6.45, 7) is 0.303. The minimum absolute atomic E-state index is 0.108. The number of para-hydroxylation sites is 1. The van der Waals surface area contributed by atoms with Crippen molar-refractivity contribution in [3.63, 3.8) is 0 Å². The first-order valence-electron chi connectivity index (χ1n) is 11.4. The van der Waals surface area contributed by atoms with Crippen molar-refractivity contribution in [1.29, 1.82) is 0 Å². The molecule has 1 aliphatic carbocycles. The highest BCUT2D eigenvalue weighted by Crippen LogP contribution is 2.27. The molecule has 34 heavy (non-hydrogen) atoms. The van der Waals surface area contributed by atoms with Crippen LogP contribution in [0.2, 0.25) is 0 Å². The van der Waals surface area contributed by atoms with Gasteiger partial charge in [0.1, 0.15) is 13.1 Å². The molecule has 0 spiro atoms. The SMILES string of the molecule is O=C(CN1C(=O)CN(c2ccccc2)C1=O)N1CCN(S(=O)(=O)c2ccc3c(c2)CCC3)CC1. The van der Waals surface area contributed by atoms with Crippen molar-refractivity contribution in [2.24, 2.45) is 0 Å². The molecule has 2 aromatic carbocycles. The number of anilines is 1. The molecular formula is C24H26N4O5S. The molecule has 4 amide bonds. The van der Waals surface area contributed by atoms with Crippen LogP contribution in [0.5, 0.6) is 0 Å². The molecule has 5 rings (SSSR count). The van der Waals surface area contributed by atoms with Gasteiger partial charge in [0.2, 0.25) is 15.9 Å². The fourth-order valence-electron chi connectivity index (χ4n) is 4.78. The van der Waals surface area contributed by atoms with E-state index in [1.54, 1.807) is 36.4 Å². The maximum atomic E-state index is 13.1. The lowest BCUT2D eigenvalue weighted by Crippen LogP contribution is -2.53. The van der Waals surface area contributed by atoms with Crippen LogP contribution in [0.3, 0.4) is 0 Å². The van der Waals surface area contributed by atoms with Gasteiger partial charge in [-0.15, -0.1) is 0 Å². The Bertz CT molecular complexity index is 1240. The Morgan fingerprint density at radius 2 is 1.59 bits per heavy atom. The van der Waals surface area contributed by atoms with E-state index >= 15 is 0 Å². The van der Waals surface area contributed by atoms with Crippen molar-refractivity contribution in [2.75, 3.05) is 44.2 Å². The number of sulfonamides is 1. The second-order valence-corrected chi connectivity index (χ2v) is 10.7. The van der Waals surface area contributed by atoms with Gasteiger partial charge in [0.05, 0.1) is 4.90 Å². The second-order valence-electron chi connectivity index (χ2n) is 8.75. The van der Waals surface area contributed by atoms with Gasteiger partial charge in [0.15, 0.2) is 0 Å². The maximum absolute atomic E-state index is 13.1. The minimum Gasteiger partial charge on any atom is -0.338 e. The highest BCUT2D eigenvalue weighted by molar-refractivity contribution is 7.89. The number of carbonyl (C=O) groups is 3. The molecule has 2 fully saturated rings. The number of hydrogen-bond acceptors (Lipinski definition) is 5. The third-order valence-electron chi connectivity index (χ3n) is 6.72. The summed E-state index contributed by atoms with van der Waals surface area (Å²) < 4.78 is 27.6. The van der Waals surface area contributed by atoms with E-state index in [9.17, 15) is 22.8 Å². The van der Waals surface area contributed by atoms with E-state index in [0.29, 0.717) is 10.6 Å². The van der Waals surface area contributed by atoms with E-state index in [1.807, 2.05) is 12.1 Å². The van der Waals surface area contributed by atoms with Crippen LogP contribution in [-0.4, -0.2) is 79.6 Å². The number of piperazine rings is 1. The molecule has 3 aliphatic rings. The van der Waals surface area contributed by atoms with Crippen LogP contribution in [-0.2, 0) is 32.5 Å². The first-order valence-corrected chi connectivity index (χ1v) is 12.9. The Morgan fingerprint density at radius 3 is 2.32 bits per heavy atom. The van der Waals surface area contributed by atoms with E-state index in [2.05, 4.69) is 0 Å². The van der Waals surface area contributed by atoms with Gasteiger partial charge < -0.3 is 4.90 Å². The Kier molecular flexibility index (Phi) is 5.86. The average molecular weight is 483 g/mol. The third kappa shape index (κ3) is 4.07. The predicted octanol–water partition coefficient (Wildman–Crippen LogP) is 1.48. The Hall–Kier alpha value is -3.24. The number of nitrogens with zero attached hydrogens (tertiary/aromatic N) is 4. The summed E-state index contributed by atoms with van der Waals surface area (Å²) in [5, 5.41) is 0.